The Bertz CT molecular complexity index is 946. The molecule has 2 N–H and O–H groups in total. The fraction of sp³-hybridized carbons (Fsp3) is 0.190. The zero-order chi connectivity index (χ0) is 17.9. The van der Waals surface area contributed by atoms with Crippen LogP contribution in [0.3, 0.4) is 0 Å². The van der Waals surface area contributed by atoms with E-state index in [1.54, 1.807) is 0 Å². The van der Waals surface area contributed by atoms with Crippen LogP contribution in [0, 0.1) is 0 Å². The van der Waals surface area contributed by atoms with Crippen molar-refractivity contribution in [3.8, 4) is 0 Å². The first-order valence-electron chi connectivity index (χ1n) is 8.78. The first-order valence-corrected chi connectivity index (χ1v) is 8.78. The van der Waals surface area contributed by atoms with Crippen LogP contribution in [0.5, 0.6) is 0 Å². The van der Waals surface area contributed by atoms with Crippen LogP contribution in [-0.2, 0) is 16.1 Å². The third-order valence-corrected chi connectivity index (χ3v) is 4.56. The third kappa shape index (κ3) is 3.09. The Balaban J connectivity index is 1.69. The number of fused-ring (bicyclic) bond motifs is 1. The number of aromatic nitrogens is 1. The van der Waals surface area contributed by atoms with Gasteiger partial charge in [-0.2, -0.15) is 0 Å². The smallest absolute Gasteiger partial charge is 0.355 e. The van der Waals surface area contributed by atoms with Crippen LogP contribution in [0.1, 0.15) is 24.1 Å². The van der Waals surface area contributed by atoms with E-state index in [-0.39, 0.29) is 12.0 Å². The van der Waals surface area contributed by atoms with Crippen molar-refractivity contribution in [2.45, 2.75) is 19.5 Å². The van der Waals surface area contributed by atoms with Gasteiger partial charge in [0.2, 0.25) is 0 Å². The number of ether oxygens (including phenoxy) is 1. The molecular formula is C21H21N3O2. The Kier molecular flexibility index (Phi) is 4.46. The predicted octanol–water partition coefficient (Wildman–Crippen LogP) is 3.68. The molecule has 0 saturated heterocycles. The molecule has 0 amide bonds. The minimum Gasteiger partial charge on any atom is -0.461 e. The molecule has 0 saturated carbocycles. The summed E-state index contributed by atoms with van der Waals surface area (Å²) in [5.41, 5.74) is 7.10. The van der Waals surface area contributed by atoms with E-state index in [1.807, 2.05) is 49.5 Å². The van der Waals surface area contributed by atoms with Gasteiger partial charge in [-0.25, -0.2) is 9.80 Å². The standard InChI is InChI=1S/C21H21N3O2/c1-2-26-21(25)19-12-20(17-13-22-18-11-7-6-10-16(17)18)24(23-19)14-15-8-4-3-5-9-15/h3-13,20,22-23H,2,14H2,1H3. The molecule has 5 nitrogen and oxygen atoms in total. The monoisotopic (exact) mass is 347 g/mol. The van der Waals surface area contributed by atoms with Crippen molar-refractivity contribution in [3.05, 3.63) is 83.7 Å². The number of benzene rings is 2. The molecule has 0 spiro atoms. The number of hydrazine groups is 1. The van der Waals surface area contributed by atoms with Gasteiger partial charge in [0.15, 0.2) is 0 Å². The van der Waals surface area contributed by atoms with Crippen LogP contribution in [0.15, 0.2) is 72.6 Å². The van der Waals surface area contributed by atoms with E-state index in [9.17, 15) is 4.79 Å². The van der Waals surface area contributed by atoms with Gasteiger partial charge in [-0.3, -0.25) is 0 Å². The number of carbonyl (C=O) groups is 1. The summed E-state index contributed by atoms with van der Waals surface area (Å²) in [6, 6.07) is 18.3. The number of para-hydroxylation sites is 1. The number of carbonyl (C=O) groups excluding carboxylic acids is 1. The fourth-order valence-corrected chi connectivity index (χ4v) is 3.35. The van der Waals surface area contributed by atoms with E-state index >= 15 is 0 Å². The molecule has 5 heteroatoms. The highest BCUT2D eigenvalue weighted by Crippen LogP contribution is 2.33. The lowest BCUT2D eigenvalue weighted by molar-refractivity contribution is -0.139. The van der Waals surface area contributed by atoms with Crippen molar-refractivity contribution < 1.29 is 9.53 Å². The molecule has 1 atom stereocenters. The van der Waals surface area contributed by atoms with Crippen molar-refractivity contribution >= 4 is 16.9 Å². The average molecular weight is 347 g/mol. The zero-order valence-corrected chi connectivity index (χ0v) is 14.6. The van der Waals surface area contributed by atoms with Gasteiger partial charge in [0.05, 0.1) is 12.6 Å². The molecule has 26 heavy (non-hydrogen) atoms. The topological polar surface area (TPSA) is 57.4 Å². The number of nitrogens with zero attached hydrogens (tertiary/aromatic N) is 1. The van der Waals surface area contributed by atoms with Crippen LogP contribution >= 0.6 is 0 Å². The summed E-state index contributed by atoms with van der Waals surface area (Å²) in [6.07, 6.45) is 3.95. The zero-order valence-electron chi connectivity index (χ0n) is 14.6. The largest absolute Gasteiger partial charge is 0.461 e. The SMILES string of the molecule is CCOC(=O)C1=CC(c2c[nH]c3ccccc23)N(Cc2ccccc2)N1. The van der Waals surface area contributed by atoms with Crippen LogP contribution in [-0.4, -0.2) is 22.6 Å². The summed E-state index contributed by atoms with van der Waals surface area (Å²) >= 11 is 0. The van der Waals surface area contributed by atoms with Crippen LogP contribution in [0.25, 0.3) is 10.9 Å². The Hall–Kier alpha value is -3.05. The predicted molar refractivity (Wildman–Crippen MR) is 101 cm³/mol. The lowest BCUT2D eigenvalue weighted by Gasteiger charge is -2.25. The summed E-state index contributed by atoms with van der Waals surface area (Å²) in [5.74, 6) is -0.326. The molecule has 4 rings (SSSR count). The molecule has 0 bridgehead atoms. The van der Waals surface area contributed by atoms with Gasteiger partial charge >= 0.3 is 5.97 Å². The van der Waals surface area contributed by atoms with Gasteiger partial charge in [-0.05, 0) is 24.6 Å². The second kappa shape index (κ2) is 7.06. The minimum atomic E-state index is -0.326. The number of aromatic amines is 1. The van der Waals surface area contributed by atoms with Crippen molar-refractivity contribution in [1.29, 1.82) is 0 Å². The van der Waals surface area contributed by atoms with E-state index < -0.39 is 0 Å². The third-order valence-electron chi connectivity index (χ3n) is 4.56. The van der Waals surface area contributed by atoms with Crippen molar-refractivity contribution in [2.75, 3.05) is 6.61 Å². The Morgan fingerprint density at radius 1 is 1.12 bits per heavy atom. The number of hydrogen-bond acceptors (Lipinski definition) is 4. The van der Waals surface area contributed by atoms with Crippen molar-refractivity contribution in [2.24, 2.45) is 0 Å². The number of rotatable bonds is 5. The van der Waals surface area contributed by atoms with E-state index in [0.717, 1.165) is 16.5 Å². The van der Waals surface area contributed by atoms with Gasteiger partial charge in [0.25, 0.3) is 0 Å². The molecule has 1 aliphatic rings. The summed E-state index contributed by atoms with van der Waals surface area (Å²) in [6.45, 7) is 2.84. The highest BCUT2D eigenvalue weighted by molar-refractivity contribution is 5.89. The molecule has 3 aromatic rings. The molecule has 2 aromatic carbocycles. The van der Waals surface area contributed by atoms with Gasteiger partial charge in [-0.1, -0.05) is 48.5 Å². The quantitative estimate of drug-likeness (QED) is 0.692. The summed E-state index contributed by atoms with van der Waals surface area (Å²) < 4.78 is 5.17. The molecule has 1 unspecified atom stereocenters. The highest BCUT2D eigenvalue weighted by atomic mass is 16.5. The van der Waals surface area contributed by atoms with Gasteiger partial charge < -0.3 is 15.1 Å². The Morgan fingerprint density at radius 3 is 2.69 bits per heavy atom. The van der Waals surface area contributed by atoms with Crippen LogP contribution in [0.4, 0.5) is 0 Å². The second-order valence-electron chi connectivity index (χ2n) is 6.26. The maximum absolute atomic E-state index is 12.2. The molecule has 2 heterocycles. The van der Waals surface area contributed by atoms with E-state index in [1.165, 1.54) is 5.56 Å². The summed E-state index contributed by atoms with van der Waals surface area (Å²) in [5, 5.41) is 3.22. The Labute approximate surface area is 152 Å². The molecule has 0 radical (unpaired) electrons. The van der Waals surface area contributed by atoms with E-state index in [4.69, 9.17) is 4.74 Å². The fourth-order valence-electron chi connectivity index (χ4n) is 3.35. The number of nitrogens with one attached hydrogen (secondary N) is 2. The second-order valence-corrected chi connectivity index (χ2v) is 6.26. The van der Waals surface area contributed by atoms with Crippen LogP contribution < -0.4 is 5.43 Å². The summed E-state index contributed by atoms with van der Waals surface area (Å²) in [4.78, 5) is 15.6. The molecule has 0 aliphatic carbocycles. The van der Waals surface area contributed by atoms with E-state index in [2.05, 4.69) is 39.7 Å². The lowest BCUT2D eigenvalue weighted by Crippen LogP contribution is -2.35. The molecule has 1 aromatic heterocycles. The van der Waals surface area contributed by atoms with Crippen molar-refractivity contribution in [3.63, 3.8) is 0 Å². The Morgan fingerprint density at radius 2 is 1.88 bits per heavy atom. The average Bonchev–Trinajstić information content (AvgIpc) is 3.27. The van der Waals surface area contributed by atoms with Gasteiger partial charge in [-0.15, -0.1) is 0 Å². The summed E-state index contributed by atoms with van der Waals surface area (Å²) in [7, 11) is 0. The minimum absolute atomic E-state index is 0.0641. The number of hydrogen-bond donors (Lipinski definition) is 2. The molecule has 0 fully saturated rings. The maximum Gasteiger partial charge on any atom is 0.355 e. The first kappa shape index (κ1) is 16.4. The first-order chi connectivity index (χ1) is 12.8. The van der Waals surface area contributed by atoms with Crippen molar-refractivity contribution in [1.82, 2.24) is 15.4 Å². The normalized spacial score (nSPS) is 17.1. The number of H-pyrrole nitrogens is 1. The molecular weight excluding hydrogens is 326 g/mol. The number of esters is 1. The highest BCUT2D eigenvalue weighted by Gasteiger charge is 2.31. The lowest BCUT2D eigenvalue weighted by atomic mass is 10.0. The van der Waals surface area contributed by atoms with Gasteiger partial charge in [0.1, 0.15) is 5.70 Å². The van der Waals surface area contributed by atoms with Gasteiger partial charge in [0, 0.05) is 29.2 Å². The van der Waals surface area contributed by atoms with E-state index in [0.29, 0.717) is 18.8 Å². The molecule has 132 valence electrons. The van der Waals surface area contributed by atoms with Crippen LogP contribution in [0.2, 0.25) is 0 Å². The maximum atomic E-state index is 12.2. The molecule has 1 aliphatic heterocycles.